The van der Waals surface area contributed by atoms with E-state index in [0.29, 0.717) is 19.2 Å². The van der Waals surface area contributed by atoms with Crippen molar-refractivity contribution in [1.29, 1.82) is 5.26 Å². The lowest BCUT2D eigenvalue weighted by molar-refractivity contribution is 0.193. The van der Waals surface area contributed by atoms with Gasteiger partial charge in [-0.25, -0.2) is 4.89 Å². The summed E-state index contributed by atoms with van der Waals surface area (Å²) in [5.41, 5.74) is 0. The van der Waals surface area contributed by atoms with Crippen LogP contribution in [-0.2, 0) is 4.52 Å². The number of nitrogens with zero attached hydrogens (tertiary/aromatic N) is 2. The molecule has 5 heteroatoms. The highest BCUT2D eigenvalue weighted by atomic mass is 31.2. The molecule has 0 fully saturated rings. The molecule has 0 saturated carbocycles. The van der Waals surface area contributed by atoms with Gasteiger partial charge in [-0.1, -0.05) is 96.8 Å². The van der Waals surface area contributed by atoms with Crippen LogP contribution in [0, 0.1) is 11.3 Å². The van der Waals surface area contributed by atoms with Crippen molar-refractivity contribution in [3.05, 3.63) is 0 Å². The zero-order valence-corrected chi connectivity index (χ0v) is 23.2. The summed E-state index contributed by atoms with van der Waals surface area (Å²) in [6.45, 7) is 11.1. The summed E-state index contributed by atoms with van der Waals surface area (Å²) in [4.78, 5) is 11.4. The van der Waals surface area contributed by atoms with E-state index in [1.54, 1.807) is 0 Å². The fourth-order valence-corrected chi connectivity index (χ4v) is 7.62. The first-order chi connectivity index (χ1) is 15.4. The van der Waals surface area contributed by atoms with Gasteiger partial charge in [0.2, 0.25) is 0 Å². The molecule has 190 valence electrons. The molecule has 1 unspecified atom stereocenters. The van der Waals surface area contributed by atoms with Gasteiger partial charge in [-0.15, -0.1) is 4.67 Å². The van der Waals surface area contributed by atoms with E-state index in [9.17, 15) is 4.89 Å². The molecule has 0 aliphatic heterocycles. The van der Waals surface area contributed by atoms with E-state index >= 15 is 0 Å². The predicted molar refractivity (Wildman–Crippen MR) is 142 cm³/mol. The molecule has 0 amide bonds. The van der Waals surface area contributed by atoms with E-state index in [0.717, 1.165) is 12.8 Å². The summed E-state index contributed by atoms with van der Waals surface area (Å²) >= 11 is 0. The molecule has 0 radical (unpaired) electrons. The van der Waals surface area contributed by atoms with Crippen LogP contribution >= 0.6 is 7.87 Å². The summed E-state index contributed by atoms with van der Waals surface area (Å²) in [5, 5.41) is 8.83. The minimum absolute atomic E-state index is 0.233. The van der Waals surface area contributed by atoms with E-state index in [-0.39, 0.29) is 12.1 Å². The van der Waals surface area contributed by atoms with Gasteiger partial charge in [0.05, 0.1) is 12.5 Å². The molecule has 32 heavy (non-hydrogen) atoms. The quantitative estimate of drug-likeness (QED) is 0.119. The average molecular weight is 472 g/mol. The topological polar surface area (TPSA) is 56.5 Å². The SMILES string of the molecule is CCCCCCCCCCCCCCCCCC[P+](O)(OCCC#N)N(C(C)C)C(C)C. The summed E-state index contributed by atoms with van der Waals surface area (Å²) in [5.74, 6) is 0. The number of nitriles is 1. The molecule has 0 heterocycles. The summed E-state index contributed by atoms with van der Waals surface area (Å²) in [6, 6.07) is 2.59. The van der Waals surface area contributed by atoms with Crippen LogP contribution in [0.5, 0.6) is 0 Å². The molecular weight excluding hydrogens is 415 g/mol. The Morgan fingerprint density at radius 2 is 1.09 bits per heavy atom. The molecule has 0 bridgehead atoms. The van der Waals surface area contributed by atoms with Gasteiger partial charge < -0.3 is 0 Å². The lowest BCUT2D eigenvalue weighted by atomic mass is 10.0. The van der Waals surface area contributed by atoms with Gasteiger partial charge in [0.1, 0.15) is 12.8 Å². The molecule has 0 rings (SSSR count). The lowest BCUT2D eigenvalue weighted by Crippen LogP contribution is -2.38. The van der Waals surface area contributed by atoms with Crippen molar-refractivity contribution in [2.24, 2.45) is 0 Å². The molecule has 1 N–H and O–H groups in total. The minimum Gasteiger partial charge on any atom is -0.201 e. The van der Waals surface area contributed by atoms with Crippen LogP contribution < -0.4 is 0 Å². The van der Waals surface area contributed by atoms with Crippen LogP contribution in [0.15, 0.2) is 0 Å². The van der Waals surface area contributed by atoms with Gasteiger partial charge in [0.15, 0.2) is 0 Å². The Hall–Kier alpha value is -0.200. The fraction of sp³-hybridized carbons (Fsp3) is 0.963. The Labute approximate surface area is 202 Å². The lowest BCUT2D eigenvalue weighted by Gasteiger charge is -2.35. The molecule has 1 atom stereocenters. The van der Waals surface area contributed by atoms with E-state index in [1.807, 2.05) is 0 Å². The maximum atomic E-state index is 11.4. The molecule has 0 aliphatic carbocycles. The third-order valence-electron chi connectivity index (χ3n) is 6.23. The van der Waals surface area contributed by atoms with Gasteiger partial charge in [-0.05, 0) is 40.5 Å². The second-order valence-corrected chi connectivity index (χ2v) is 12.5. The van der Waals surface area contributed by atoms with Crippen LogP contribution in [0.4, 0.5) is 0 Å². The standard InChI is InChI=1S/C27H56N2O2P/c1-6-7-8-9-10-11-12-13-14-15-16-17-18-19-20-21-25-32(30,31-24-22-23-28)29(26(2)3)27(4)5/h26-27,30H,6-22,24-25H2,1-5H3/q+1. The molecule has 0 aromatic carbocycles. The minimum atomic E-state index is -2.63. The number of hydrogen-bond acceptors (Lipinski definition) is 4. The van der Waals surface area contributed by atoms with Gasteiger partial charge >= 0.3 is 7.87 Å². The Bertz CT molecular complexity index is 445. The average Bonchev–Trinajstić information content (AvgIpc) is 2.73. The molecule has 0 aromatic heterocycles. The van der Waals surface area contributed by atoms with Crippen LogP contribution in [0.2, 0.25) is 0 Å². The Kier molecular flexibility index (Phi) is 21.2. The molecule has 4 nitrogen and oxygen atoms in total. The third kappa shape index (κ3) is 16.4. The van der Waals surface area contributed by atoms with Crippen molar-refractivity contribution in [3.8, 4) is 6.07 Å². The number of unbranched alkanes of at least 4 members (excludes halogenated alkanes) is 15. The van der Waals surface area contributed by atoms with Crippen LogP contribution in [0.25, 0.3) is 0 Å². The Balaban J connectivity index is 3.86. The van der Waals surface area contributed by atoms with Gasteiger partial charge in [0, 0.05) is 12.1 Å². The van der Waals surface area contributed by atoms with Crippen molar-refractivity contribution in [2.45, 2.75) is 156 Å². The van der Waals surface area contributed by atoms with Crippen molar-refractivity contribution in [1.82, 2.24) is 4.67 Å². The van der Waals surface area contributed by atoms with Crippen molar-refractivity contribution in [2.75, 3.05) is 12.8 Å². The molecule has 0 aromatic rings. The zero-order valence-electron chi connectivity index (χ0n) is 22.3. The van der Waals surface area contributed by atoms with E-state index < -0.39 is 7.87 Å². The third-order valence-corrected chi connectivity index (χ3v) is 9.37. The first-order valence-corrected chi connectivity index (χ1v) is 15.6. The Morgan fingerprint density at radius 1 is 0.719 bits per heavy atom. The van der Waals surface area contributed by atoms with E-state index in [2.05, 4.69) is 45.4 Å². The first-order valence-electron chi connectivity index (χ1n) is 13.8. The summed E-state index contributed by atoms with van der Waals surface area (Å²) in [6.07, 6.45) is 22.6. The van der Waals surface area contributed by atoms with Crippen LogP contribution in [-0.4, -0.2) is 34.4 Å². The summed E-state index contributed by atoms with van der Waals surface area (Å²) < 4.78 is 8.10. The van der Waals surface area contributed by atoms with Crippen molar-refractivity contribution in [3.63, 3.8) is 0 Å². The summed E-state index contributed by atoms with van der Waals surface area (Å²) in [7, 11) is -2.63. The molecule has 0 saturated heterocycles. The number of hydrogen-bond donors (Lipinski definition) is 1. The largest absolute Gasteiger partial charge is 0.345 e. The monoisotopic (exact) mass is 471 g/mol. The van der Waals surface area contributed by atoms with Crippen molar-refractivity contribution < 1.29 is 9.42 Å². The Morgan fingerprint density at radius 3 is 1.44 bits per heavy atom. The smallest absolute Gasteiger partial charge is 0.201 e. The van der Waals surface area contributed by atoms with Gasteiger partial charge in [-0.2, -0.15) is 9.79 Å². The second kappa shape index (κ2) is 21.3. The molecule has 0 spiro atoms. The van der Waals surface area contributed by atoms with Gasteiger partial charge in [-0.3, -0.25) is 0 Å². The molecular formula is C27H56N2O2P+. The zero-order chi connectivity index (χ0) is 24.1. The fourth-order valence-electron chi connectivity index (χ4n) is 4.67. The predicted octanol–water partition coefficient (Wildman–Crippen LogP) is 9.05. The maximum absolute atomic E-state index is 11.4. The second-order valence-electron chi connectivity index (χ2n) is 10.0. The maximum Gasteiger partial charge on any atom is 0.345 e. The highest BCUT2D eigenvalue weighted by Gasteiger charge is 2.48. The van der Waals surface area contributed by atoms with E-state index in [4.69, 9.17) is 9.79 Å². The highest BCUT2D eigenvalue weighted by Crippen LogP contribution is 2.61. The van der Waals surface area contributed by atoms with Crippen LogP contribution in [0.1, 0.15) is 144 Å². The molecule has 0 aliphatic rings. The number of rotatable bonds is 23. The van der Waals surface area contributed by atoms with Crippen LogP contribution in [0.3, 0.4) is 0 Å². The highest BCUT2D eigenvalue weighted by molar-refractivity contribution is 7.63. The van der Waals surface area contributed by atoms with Gasteiger partial charge in [0.25, 0.3) is 0 Å². The van der Waals surface area contributed by atoms with E-state index in [1.165, 1.54) is 89.9 Å². The normalized spacial score (nSPS) is 13.8. The van der Waals surface area contributed by atoms with Crippen molar-refractivity contribution >= 4 is 7.87 Å². The first kappa shape index (κ1) is 31.8.